The molecule has 0 aliphatic carbocycles. The van der Waals surface area contributed by atoms with E-state index in [1.54, 1.807) is 0 Å². The molecule has 9 heavy (non-hydrogen) atoms. The first-order valence-electron chi connectivity index (χ1n) is 2.28. The SMILES string of the molecule is NC1=C(O)C(N)SC1=S. The van der Waals surface area contributed by atoms with Crippen LogP contribution in [0.5, 0.6) is 0 Å². The van der Waals surface area contributed by atoms with Crippen LogP contribution in [0.4, 0.5) is 0 Å². The van der Waals surface area contributed by atoms with Crippen LogP contribution in [0.1, 0.15) is 0 Å². The molecule has 1 unspecified atom stereocenters. The molecule has 0 fully saturated rings. The summed E-state index contributed by atoms with van der Waals surface area (Å²) in [5.41, 5.74) is 10.9. The summed E-state index contributed by atoms with van der Waals surface area (Å²) in [6.07, 6.45) is 0. The summed E-state index contributed by atoms with van der Waals surface area (Å²) in [4.78, 5) is 0. The van der Waals surface area contributed by atoms with Crippen molar-refractivity contribution in [3.63, 3.8) is 0 Å². The van der Waals surface area contributed by atoms with E-state index in [-0.39, 0.29) is 11.5 Å². The van der Waals surface area contributed by atoms with Gasteiger partial charge in [0, 0.05) is 0 Å². The normalized spacial score (nSPS) is 27.7. The van der Waals surface area contributed by atoms with Crippen LogP contribution in [0.2, 0.25) is 0 Å². The average molecular weight is 162 g/mol. The molecule has 0 radical (unpaired) electrons. The van der Waals surface area contributed by atoms with Crippen LogP contribution in [0.3, 0.4) is 0 Å². The third kappa shape index (κ3) is 1.03. The Morgan fingerprint density at radius 2 is 2.22 bits per heavy atom. The van der Waals surface area contributed by atoms with Gasteiger partial charge in [-0.15, -0.1) is 0 Å². The van der Waals surface area contributed by atoms with Crippen molar-refractivity contribution in [1.29, 1.82) is 0 Å². The van der Waals surface area contributed by atoms with E-state index in [2.05, 4.69) is 0 Å². The molecule has 0 amide bonds. The highest BCUT2D eigenvalue weighted by Gasteiger charge is 2.24. The first-order valence-corrected chi connectivity index (χ1v) is 3.57. The van der Waals surface area contributed by atoms with Gasteiger partial charge in [-0.25, -0.2) is 0 Å². The van der Waals surface area contributed by atoms with Gasteiger partial charge in [0.1, 0.15) is 11.1 Å². The van der Waals surface area contributed by atoms with Crippen molar-refractivity contribution >= 4 is 28.2 Å². The second kappa shape index (κ2) is 2.17. The molecule has 0 aromatic heterocycles. The van der Waals surface area contributed by atoms with E-state index < -0.39 is 5.37 Å². The summed E-state index contributed by atoms with van der Waals surface area (Å²) < 4.78 is 0.486. The van der Waals surface area contributed by atoms with Gasteiger partial charge in [0.25, 0.3) is 0 Å². The van der Waals surface area contributed by atoms with Gasteiger partial charge in [0.2, 0.25) is 0 Å². The first-order chi connectivity index (χ1) is 4.13. The maximum absolute atomic E-state index is 8.96. The van der Waals surface area contributed by atoms with Crippen molar-refractivity contribution < 1.29 is 5.11 Å². The lowest BCUT2D eigenvalue weighted by molar-refractivity contribution is 0.393. The standard InChI is InChI=1S/C4H6N2OS2/c5-1-2(7)3(6)9-4(1)8/h3,7H,5-6H2. The number of nitrogens with two attached hydrogens (primary N) is 2. The third-order valence-corrected chi connectivity index (χ3v) is 2.42. The third-order valence-electron chi connectivity index (χ3n) is 0.999. The highest BCUT2D eigenvalue weighted by Crippen LogP contribution is 2.26. The Kier molecular flexibility index (Phi) is 1.65. The van der Waals surface area contributed by atoms with Crippen molar-refractivity contribution in [2.45, 2.75) is 5.37 Å². The number of thiocarbonyl (C=S) groups is 1. The summed E-state index contributed by atoms with van der Waals surface area (Å²) in [6, 6.07) is 0. The Balaban J connectivity index is 2.92. The number of hydrogen-bond acceptors (Lipinski definition) is 5. The summed E-state index contributed by atoms with van der Waals surface area (Å²) in [7, 11) is 0. The Hall–Kier alpha value is -0.260. The molecule has 1 heterocycles. The lowest BCUT2D eigenvalue weighted by atomic mass is 10.4. The number of hydrogen-bond donors (Lipinski definition) is 3. The molecule has 0 aromatic rings. The zero-order valence-corrected chi connectivity index (χ0v) is 6.13. The topological polar surface area (TPSA) is 72.3 Å². The number of thioether (sulfide) groups is 1. The smallest absolute Gasteiger partial charge is 0.144 e. The van der Waals surface area contributed by atoms with Gasteiger partial charge in [-0.3, -0.25) is 0 Å². The van der Waals surface area contributed by atoms with Gasteiger partial charge in [0.05, 0.1) is 9.89 Å². The van der Waals surface area contributed by atoms with Crippen molar-refractivity contribution in [1.82, 2.24) is 0 Å². The molecular formula is C4H6N2OS2. The van der Waals surface area contributed by atoms with Gasteiger partial charge >= 0.3 is 0 Å². The fourth-order valence-corrected chi connectivity index (χ4v) is 1.61. The van der Waals surface area contributed by atoms with Gasteiger partial charge < -0.3 is 16.6 Å². The second-order valence-electron chi connectivity index (χ2n) is 1.62. The van der Waals surface area contributed by atoms with E-state index in [1.807, 2.05) is 0 Å². The van der Waals surface area contributed by atoms with Crippen molar-refractivity contribution in [2.75, 3.05) is 0 Å². The van der Waals surface area contributed by atoms with Crippen LogP contribution in [-0.2, 0) is 0 Å². The molecule has 0 saturated carbocycles. The highest BCUT2D eigenvalue weighted by atomic mass is 32.2. The lowest BCUT2D eigenvalue weighted by Crippen LogP contribution is -2.15. The monoisotopic (exact) mass is 162 g/mol. The first kappa shape index (κ1) is 6.85. The zero-order valence-electron chi connectivity index (χ0n) is 4.50. The second-order valence-corrected chi connectivity index (χ2v) is 3.44. The van der Waals surface area contributed by atoms with Gasteiger partial charge in [-0.2, -0.15) is 0 Å². The van der Waals surface area contributed by atoms with E-state index in [9.17, 15) is 0 Å². The largest absolute Gasteiger partial charge is 0.507 e. The minimum atomic E-state index is -0.447. The Labute approximate surface area is 62.1 Å². The number of rotatable bonds is 0. The molecule has 0 aromatic carbocycles. The molecule has 1 aliphatic rings. The fraction of sp³-hybridized carbons (Fsp3) is 0.250. The molecule has 1 aliphatic heterocycles. The molecule has 5 N–H and O–H groups in total. The number of aliphatic hydroxyl groups excluding tert-OH is 1. The molecule has 0 spiro atoms. The molecule has 0 bridgehead atoms. The molecule has 1 rings (SSSR count). The van der Waals surface area contributed by atoms with E-state index in [4.69, 9.17) is 28.8 Å². The minimum Gasteiger partial charge on any atom is -0.507 e. The van der Waals surface area contributed by atoms with E-state index in [0.717, 1.165) is 0 Å². The zero-order chi connectivity index (χ0) is 7.02. The summed E-state index contributed by atoms with van der Waals surface area (Å²) in [5.74, 6) is 0.00463. The van der Waals surface area contributed by atoms with Crippen LogP contribution >= 0.6 is 24.0 Å². The quantitative estimate of drug-likeness (QED) is 0.440. The molecule has 3 nitrogen and oxygen atoms in total. The van der Waals surface area contributed by atoms with E-state index in [0.29, 0.717) is 4.20 Å². The molecule has 5 heteroatoms. The highest BCUT2D eigenvalue weighted by molar-refractivity contribution is 8.24. The van der Waals surface area contributed by atoms with Crippen molar-refractivity contribution in [2.24, 2.45) is 11.5 Å². The van der Waals surface area contributed by atoms with Crippen LogP contribution in [0, 0.1) is 0 Å². The fourth-order valence-electron chi connectivity index (χ4n) is 0.492. The molecule has 0 saturated heterocycles. The minimum absolute atomic E-state index is 0.00463. The average Bonchev–Trinajstić information content (AvgIpc) is 1.98. The maximum atomic E-state index is 8.96. The van der Waals surface area contributed by atoms with Gasteiger partial charge in [0.15, 0.2) is 0 Å². The molecule has 50 valence electrons. The summed E-state index contributed by atoms with van der Waals surface area (Å²) >= 11 is 5.93. The predicted octanol–water partition coefficient (Wildman–Crippen LogP) is 0.0737. The Morgan fingerprint density at radius 1 is 1.67 bits per heavy atom. The van der Waals surface area contributed by atoms with Crippen molar-refractivity contribution in [3.05, 3.63) is 11.5 Å². The van der Waals surface area contributed by atoms with Gasteiger partial charge in [-0.05, 0) is 0 Å². The predicted molar refractivity (Wildman–Crippen MR) is 42.0 cm³/mol. The molecular weight excluding hydrogens is 156 g/mol. The lowest BCUT2D eigenvalue weighted by Gasteiger charge is -1.96. The van der Waals surface area contributed by atoms with Crippen LogP contribution in [0.15, 0.2) is 11.5 Å². The van der Waals surface area contributed by atoms with E-state index in [1.165, 1.54) is 11.8 Å². The van der Waals surface area contributed by atoms with Crippen molar-refractivity contribution in [3.8, 4) is 0 Å². The van der Waals surface area contributed by atoms with Crippen LogP contribution in [0.25, 0.3) is 0 Å². The maximum Gasteiger partial charge on any atom is 0.144 e. The van der Waals surface area contributed by atoms with E-state index >= 15 is 0 Å². The van der Waals surface area contributed by atoms with Crippen LogP contribution in [-0.4, -0.2) is 14.7 Å². The Bertz CT molecular complexity index is 189. The summed E-state index contributed by atoms with van der Waals surface area (Å²) in [5, 5.41) is 8.51. The van der Waals surface area contributed by atoms with Gasteiger partial charge in [-0.1, -0.05) is 24.0 Å². The van der Waals surface area contributed by atoms with Crippen LogP contribution < -0.4 is 11.5 Å². The summed E-state index contributed by atoms with van der Waals surface area (Å²) in [6.45, 7) is 0. The Morgan fingerprint density at radius 3 is 2.33 bits per heavy atom. The number of aliphatic hydroxyl groups is 1. The molecule has 1 atom stereocenters.